The first-order valence-electron chi connectivity index (χ1n) is 6.90. The van der Waals surface area contributed by atoms with E-state index in [1.54, 1.807) is 20.8 Å². The smallest absolute Gasteiger partial charge is 0.317 e. The van der Waals surface area contributed by atoms with Gasteiger partial charge in [-0.1, -0.05) is 17.3 Å². The summed E-state index contributed by atoms with van der Waals surface area (Å²) in [5, 5.41) is 3.79. The quantitative estimate of drug-likeness (QED) is 0.245. The molecule has 1 aliphatic rings. The summed E-state index contributed by atoms with van der Waals surface area (Å²) in [5.41, 5.74) is -0.548. The van der Waals surface area contributed by atoms with Crippen LogP contribution in [0.25, 0.3) is 0 Å². The van der Waals surface area contributed by atoms with Crippen molar-refractivity contribution in [2.24, 2.45) is 16.5 Å². The summed E-state index contributed by atoms with van der Waals surface area (Å²) < 4.78 is 22.4. The van der Waals surface area contributed by atoms with Crippen LogP contribution in [0.5, 0.6) is 0 Å². The van der Waals surface area contributed by atoms with E-state index in [4.69, 9.17) is 13.9 Å². The van der Waals surface area contributed by atoms with Gasteiger partial charge in [-0.15, -0.1) is 0 Å². The monoisotopic (exact) mass is 317 g/mol. The third-order valence-electron chi connectivity index (χ3n) is 3.20. The number of nitrogens with zero attached hydrogens (tertiary/aromatic N) is 1. The molecule has 1 rings (SSSR count). The predicted octanol–water partition coefficient (Wildman–Crippen LogP) is 3.73. The lowest BCUT2D eigenvalue weighted by Gasteiger charge is -2.18. The van der Waals surface area contributed by atoms with Crippen LogP contribution in [0, 0.1) is 11.3 Å². The normalized spacial score (nSPS) is 19.9. The summed E-state index contributed by atoms with van der Waals surface area (Å²) in [7, 11) is -0.938. The molecule has 0 radical (unpaired) electrons. The van der Waals surface area contributed by atoms with Crippen molar-refractivity contribution in [2.75, 3.05) is 14.2 Å². The molecule has 0 saturated heterocycles. The number of hydrogen-bond acceptors (Lipinski definition) is 6. The van der Waals surface area contributed by atoms with E-state index in [0.29, 0.717) is 6.42 Å². The molecule has 1 aliphatic carbocycles. The van der Waals surface area contributed by atoms with Crippen LogP contribution in [0.4, 0.5) is 0 Å². The molecule has 0 bridgehead atoms. The highest BCUT2D eigenvalue weighted by atomic mass is 31.2. The van der Waals surface area contributed by atoms with E-state index in [9.17, 15) is 9.36 Å². The van der Waals surface area contributed by atoms with Gasteiger partial charge in [0.2, 0.25) is 0 Å². The van der Waals surface area contributed by atoms with Crippen LogP contribution in [0.1, 0.15) is 40.0 Å². The van der Waals surface area contributed by atoms with Crippen molar-refractivity contribution in [3.63, 3.8) is 0 Å². The van der Waals surface area contributed by atoms with Crippen molar-refractivity contribution in [3.05, 3.63) is 12.2 Å². The van der Waals surface area contributed by atoms with E-state index in [0.717, 1.165) is 12.8 Å². The predicted molar refractivity (Wildman–Crippen MR) is 81.1 cm³/mol. The van der Waals surface area contributed by atoms with Crippen molar-refractivity contribution >= 4 is 19.0 Å². The molecule has 7 heteroatoms. The Balaban J connectivity index is 2.92. The number of rotatable bonds is 6. The van der Waals surface area contributed by atoms with Gasteiger partial charge in [-0.3, -0.25) is 4.57 Å². The lowest BCUT2D eigenvalue weighted by molar-refractivity contribution is -0.152. The molecule has 0 fully saturated rings. The van der Waals surface area contributed by atoms with Gasteiger partial charge in [0.1, 0.15) is 0 Å². The first-order valence-corrected chi connectivity index (χ1v) is 8.44. The lowest BCUT2D eigenvalue weighted by Crippen LogP contribution is -2.22. The maximum absolute atomic E-state index is 12.5. The summed E-state index contributed by atoms with van der Waals surface area (Å²) in [4.78, 5) is 16.7. The highest BCUT2D eigenvalue weighted by Crippen LogP contribution is 2.50. The molecule has 6 nitrogen and oxygen atoms in total. The maximum Gasteiger partial charge on any atom is 0.378 e. The largest absolute Gasteiger partial charge is 0.378 e. The SMILES string of the molecule is COP(=O)(OC)/C(CC1C=CCC1)=N/OC(=O)C(C)(C)C. The molecule has 0 amide bonds. The van der Waals surface area contributed by atoms with Gasteiger partial charge >= 0.3 is 13.6 Å². The molecule has 0 spiro atoms. The summed E-state index contributed by atoms with van der Waals surface area (Å²) in [6.07, 6.45) is 6.40. The summed E-state index contributed by atoms with van der Waals surface area (Å²) in [6.45, 7) is 5.16. The molecule has 0 aromatic rings. The van der Waals surface area contributed by atoms with Crippen LogP contribution in [-0.4, -0.2) is 25.6 Å². The fraction of sp³-hybridized carbons (Fsp3) is 0.714. The van der Waals surface area contributed by atoms with Crippen LogP contribution < -0.4 is 0 Å². The maximum atomic E-state index is 12.5. The molecule has 0 saturated carbocycles. The fourth-order valence-corrected chi connectivity index (χ4v) is 2.98. The first kappa shape index (κ1) is 18.1. The first-order chi connectivity index (χ1) is 9.73. The molecular formula is C14H24NO5P. The van der Waals surface area contributed by atoms with Gasteiger partial charge < -0.3 is 13.9 Å². The van der Waals surface area contributed by atoms with Crippen LogP contribution >= 0.6 is 7.60 Å². The molecule has 0 N–H and O–H groups in total. The Bertz CT molecular complexity index is 470. The second kappa shape index (κ2) is 7.34. The number of carbonyl (C=O) groups excluding carboxylic acids is 1. The minimum absolute atomic E-state index is 0.140. The molecule has 1 atom stereocenters. The second-order valence-electron chi connectivity index (χ2n) is 5.97. The Labute approximate surface area is 126 Å². The average molecular weight is 317 g/mol. The van der Waals surface area contributed by atoms with Gasteiger partial charge in [0.25, 0.3) is 0 Å². The molecule has 120 valence electrons. The lowest BCUT2D eigenvalue weighted by atomic mass is 9.98. The van der Waals surface area contributed by atoms with Crippen molar-refractivity contribution in [1.82, 2.24) is 0 Å². The highest BCUT2D eigenvalue weighted by Gasteiger charge is 2.33. The van der Waals surface area contributed by atoms with Crippen molar-refractivity contribution in [3.8, 4) is 0 Å². The van der Waals surface area contributed by atoms with Gasteiger partial charge in [-0.2, -0.15) is 0 Å². The van der Waals surface area contributed by atoms with Gasteiger partial charge in [-0.05, 0) is 39.5 Å². The van der Waals surface area contributed by atoms with Gasteiger partial charge in [0, 0.05) is 20.6 Å². The molecule has 0 aliphatic heterocycles. The molecule has 0 aromatic carbocycles. The number of hydrogen-bond donors (Lipinski definition) is 0. The zero-order chi connectivity index (χ0) is 16.1. The van der Waals surface area contributed by atoms with Crippen LogP contribution in [0.2, 0.25) is 0 Å². The van der Waals surface area contributed by atoms with E-state index in [2.05, 4.69) is 11.2 Å². The third-order valence-corrected chi connectivity index (χ3v) is 5.06. The minimum atomic E-state index is -3.51. The van der Waals surface area contributed by atoms with Gasteiger partial charge in [0.05, 0.1) is 5.41 Å². The summed E-state index contributed by atoms with van der Waals surface area (Å²) in [5.74, 6) is -0.295. The van der Waals surface area contributed by atoms with E-state index in [1.807, 2.05) is 6.08 Å². The molecule has 0 heterocycles. The Kier molecular flexibility index (Phi) is 6.32. The van der Waals surface area contributed by atoms with Gasteiger partial charge in [-0.25, -0.2) is 4.79 Å². The standard InChI is InChI=1S/C14H24NO5P/c1-14(2,3)13(16)20-15-12(21(17,18-4)19-5)10-11-8-6-7-9-11/h6,8,11H,7,9-10H2,1-5H3/b15-12+. The highest BCUT2D eigenvalue weighted by molar-refractivity contribution is 7.72. The Morgan fingerprint density at radius 3 is 2.38 bits per heavy atom. The van der Waals surface area contributed by atoms with Crippen LogP contribution in [-0.2, 0) is 23.2 Å². The van der Waals surface area contributed by atoms with Crippen molar-refractivity contribution < 1.29 is 23.2 Å². The van der Waals surface area contributed by atoms with Crippen molar-refractivity contribution in [2.45, 2.75) is 40.0 Å². The van der Waals surface area contributed by atoms with E-state index in [-0.39, 0.29) is 11.4 Å². The second-order valence-corrected chi connectivity index (χ2v) is 8.21. The number of allylic oxidation sites excluding steroid dienone is 2. The zero-order valence-electron chi connectivity index (χ0n) is 13.3. The van der Waals surface area contributed by atoms with Gasteiger partial charge in [0.15, 0.2) is 5.45 Å². The number of oxime groups is 1. The molecular weight excluding hydrogens is 293 g/mol. The van der Waals surface area contributed by atoms with E-state index >= 15 is 0 Å². The number of carbonyl (C=O) groups is 1. The van der Waals surface area contributed by atoms with Crippen LogP contribution in [0.15, 0.2) is 17.3 Å². The topological polar surface area (TPSA) is 74.2 Å². The fourth-order valence-electron chi connectivity index (χ4n) is 1.82. The third kappa shape index (κ3) is 5.06. The molecule has 21 heavy (non-hydrogen) atoms. The molecule has 0 aromatic heterocycles. The summed E-state index contributed by atoms with van der Waals surface area (Å²) >= 11 is 0. The van der Waals surface area contributed by atoms with E-state index in [1.165, 1.54) is 14.2 Å². The Morgan fingerprint density at radius 2 is 1.95 bits per heavy atom. The zero-order valence-corrected chi connectivity index (χ0v) is 14.2. The Morgan fingerprint density at radius 1 is 1.33 bits per heavy atom. The van der Waals surface area contributed by atoms with Crippen LogP contribution in [0.3, 0.4) is 0 Å². The minimum Gasteiger partial charge on any atom is -0.317 e. The molecule has 1 unspecified atom stereocenters. The Hall–Kier alpha value is -0.970. The summed E-state index contributed by atoms with van der Waals surface area (Å²) in [6, 6.07) is 0. The average Bonchev–Trinajstić information content (AvgIpc) is 2.94. The van der Waals surface area contributed by atoms with Crippen molar-refractivity contribution in [1.29, 1.82) is 0 Å². The van der Waals surface area contributed by atoms with E-state index < -0.39 is 19.0 Å².